The molecule has 0 unspecified atom stereocenters. The number of carbonyl (C=O) groups excluding carboxylic acids is 1. The van der Waals surface area contributed by atoms with E-state index in [1.165, 1.54) is 0 Å². The summed E-state index contributed by atoms with van der Waals surface area (Å²) < 4.78 is 12.7. The molecule has 0 radical (unpaired) electrons. The Hall–Kier alpha value is -3.62. The lowest BCUT2D eigenvalue weighted by Gasteiger charge is -2.19. The van der Waals surface area contributed by atoms with Gasteiger partial charge in [0.05, 0.1) is 24.6 Å². The molecule has 9 nitrogen and oxygen atoms in total. The third-order valence-corrected chi connectivity index (χ3v) is 3.66. The summed E-state index contributed by atoms with van der Waals surface area (Å²) in [6, 6.07) is 7.00. The van der Waals surface area contributed by atoms with E-state index in [1.54, 1.807) is 41.5 Å². The summed E-state index contributed by atoms with van der Waals surface area (Å²) in [6.45, 7) is 6.37. The van der Waals surface area contributed by atoms with Gasteiger partial charge >= 0.3 is 6.09 Å². The molecule has 3 aromatic rings. The predicted octanol–water partition coefficient (Wildman–Crippen LogP) is 3.24. The molecule has 29 heavy (non-hydrogen) atoms. The van der Waals surface area contributed by atoms with Crippen molar-refractivity contribution in [1.82, 2.24) is 25.1 Å². The Morgan fingerprint density at radius 1 is 1.17 bits per heavy atom. The molecule has 0 aromatic carbocycles. The highest BCUT2D eigenvalue weighted by Gasteiger charge is 2.15. The lowest BCUT2D eigenvalue weighted by atomic mass is 10.2. The number of pyridine rings is 2. The number of nitrogens with two attached hydrogens (primary N) is 1. The van der Waals surface area contributed by atoms with Crippen molar-refractivity contribution >= 4 is 11.9 Å². The number of nitrogen functional groups attached to an aromatic ring is 1. The van der Waals surface area contributed by atoms with Crippen molar-refractivity contribution in [2.24, 2.45) is 0 Å². The van der Waals surface area contributed by atoms with E-state index in [-0.39, 0.29) is 0 Å². The Morgan fingerprint density at radius 3 is 2.72 bits per heavy atom. The number of nitrogens with one attached hydrogen (secondary N) is 1. The largest absolute Gasteiger partial charge is 0.456 e. The number of carbonyl (C=O) groups is 1. The minimum absolute atomic E-state index is 0.400. The van der Waals surface area contributed by atoms with Gasteiger partial charge in [-0.25, -0.2) is 9.78 Å². The second kappa shape index (κ2) is 8.59. The number of nitrogens with zero attached hydrogens (tertiary/aromatic N) is 4. The normalized spacial score (nSPS) is 11.1. The van der Waals surface area contributed by atoms with E-state index in [9.17, 15) is 4.79 Å². The maximum absolute atomic E-state index is 11.7. The molecule has 0 saturated carbocycles. The molecule has 152 valence electrons. The number of ether oxygens (including phenoxy) is 2. The Labute approximate surface area is 168 Å². The first-order valence-electron chi connectivity index (χ1n) is 9.14. The van der Waals surface area contributed by atoms with Gasteiger partial charge in [0.1, 0.15) is 22.9 Å². The molecule has 0 aliphatic rings. The van der Waals surface area contributed by atoms with Gasteiger partial charge in [-0.3, -0.25) is 9.67 Å². The molecule has 0 aliphatic carbocycles. The number of hydrogen-bond donors (Lipinski definition) is 2. The molecule has 0 aliphatic heterocycles. The van der Waals surface area contributed by atoms with Crippen molar-refractivity contribution in [1.29, 1.82) is 0 Å². The second-order valence-electron chi connectivity index (χ2n) is 7.32. The lowest BCUT2D eigenvalue weighted by molar-refractivity contribution is 0.0525. The Kier molecular flexibility index (Phi) is 5.96. The zero-order chi connectivity index (χ0) is 20.9. The van der Waals surface area contributed by atoms with Crippen LogP contribution in [0.3, 0.4) is 0 Å². The number of amides is 1. The van der Waals surface area contributed by atoms with Crippen molar-refractivity contribution in [3.8, 4) is 22.8 Å². The van der Waals surface area contributed by atoms with Gasteiger partial charge in [0.2, 0.25) is 0 Å². The van der Waals surface area contributed by atoms with Crippen LogP contribution in [0.2, 0.25) is 0 Å². The molecule has 0 saturated heterocycles. The van der Waals surface area contributed by atoms with Crippen LogP contribution < -0.4 is 15.8 Å². The summed E-state index contributed by atoms with van der Waals surface area (Å²) in [5.41, 5.74) is 6.62. The van der Waals surface area contributed by atoms with Gasteiger partial charge in [0.15, 0.2) is 0 Å². The van der Waals surface area contributed by atoms with Crippen LogP contribution in [-0.4, -0.2) is 38.0 Å². The van der Waals surface area contributed by atoms with Gasteiger partial charge in [-0.05, 0) is 39.0 Å². The second-order valence-corrected chi connectivity index (χ2v) is 7.32. The minimum atomic E-state index is -0.524. The molecule has 3 N–H and O–H groups in total. The van der Waals surface area contributed by atoms with Crippen molar-refractivity contribution in [2.75, 3.05) is 12.3 Å². The minimum Gasteiger partial charge on any atom is -0.456 e. The van der Waals surface area contributed by atoms with E-state index in [4.69, 9.17) is 15.2 Å². The summed E-state index contributed by atoms with van der Waals surface area (Å²) in [6.07, 6.45) is 6.34. The van der Waals surface area contributed by atoms with E-state index in [0.29, 0.717) is 30.4 Å². The summed E-state index contributed by atoms with van der Waals surface area (Å²) >= 11 is 0. The number of aromatic nitrogens is 4. The summed E-state index contributed by atoms with van der Waals surface area (Å²) in [7, 11) is 0. The molecule has 3 heterocycles. The predicted molar refractivity (Wildman–Crippen MR) is 108 cm³/mol. The number of rotatable bonds is 6. The first kappa shape index (κ1) is 20.1. The highest BCUT2D eigenvalue weighted by atomic mass is 16.6. The fourth-order valence-electron chi connectivity index (χ4n) is 2.43. The quantitative estimate of drug-likeness (QED) is 0.657. The third kappa shape index (κ3) is 6.20. The molecular formula is C20H24N6O3. The van der Waals surface area contributed by atoms with E-state index >= 15 is 0 Å². The highest BCUT2D eigenvalue weighted by Crippen LogP contribution is 2.25. The van der Waals surface area contributed by atoms with Crippen LogP contribution in [0, 0.1) is 0 Å². The highest BCUT2D eigenvalue weighted by molar-refractivity contribution is 5.67. The topological polar surface area (TPSA) is 117 Å². The first-order valence-corrected chi connectivity index (χ1v) is 9.14. The van der Waals surface area contributed by atoms with Crippen molar-refractivity contribution in [3.05, 3.63) is 49.1 Å². The molecule has 1 amide bonds. The molecular weight excluding hydrogens is 372 g/mol. The fraction of sp³-hybridized carbons (Fsp3) is 0.300. The van der Waals surface area contributed by atoms with Gasteiger partial charge in [-0.15, -0.1) is 0 Å². The van der Waals surface area contributed by atoms with E-state index in [0.717, 1.165) is 11.3 Å². The summed E-state index contributed by atoms with van der Waals surface area (Å²) in [4.78, 5) is 20.1. The number of hydrogen-bond acceptors (Lipinski definition) is 7. The van der Waals surface area contributed by atoms with Crippen LogP contribution in [0.25, 0.3) is 11.3 Å². The van der Waals surface area contributed by atoms with Crippen LogP contribution in [0.4, 0.5) is 10.6 Å². The van der Waals surface area contributed by atoms with Gasteiger partial charge < -0.3 is 20.5 Å². The fourth-order valence-corrected chi connectivity index (χ4v) is 2.43. The average Bonchev–Trinajstić information content (AvgIpc) is 3.11. The molecule has 0 fully saturated rings. The third-order valence-electron chi connectivity index (χ3n) is 3.66. The van der Waals surface area contributed by atoms with Crippen molar-refractivity contribution < 1.29 is 14.3 Å². The van der Waals surface area contributed by atoms with E-state index in [2.05, 4.69) is 20.4 Å². The molecule has 0 bridgehead atoms. The molecule has 3 rings (SSSR count). The van der Waals surface area contributed by atoms with Crippen LogP contribution in [0.1, 0.15) is 20.8 Å². The Morgan fingerprint density at radius 2 is 2.00 bits per heavy atom. The number of alkyl carbamates (subject to hydrolysis) is 1. The number of anilines is 1. The van der Waals surface area contributed by atoms with E-state index < -0.39 is 11.7 Å². The molecule has 9 heteroatoms. The van der Waals surface area contributed by atoms with Gasteiger partial charge in [0.25, 0.3) is 0 Å². The summed E-state index contributed by atoms with van der Waals surface area (Å²) in [5, 5.41) is 7.01. The summed E-state index contributed by atoms with van der Waals surface area (Å²) in [5.74, 6) is 1.64. The standard InChI is InChI=1S/C20H24N6O3/c1-20(2,3)29-19(27)23-8-9-26-13-14(11-25-26)17-10-15(6-7-22-17)28-16-4-5-18(21)24-12-16/h4-7,10-13H,8-9H2,1-3H3,(H2,21,24)(H,23,27). The van der Waals surface area contributed by atoms with Crippen LogP contribution in [-0.2, 0) is 11.3 Å². The van der Waals surface area contributed by atoms with Crippen molar-refractivity contribution in [2.45, 2.75) is 32.9 Å². The van der Waals surface area contributed by atoms with Gasteiger partial charge in [-0.1, -0.05) is 0 Å². The zero-order valence-electron chi connectivity index (χ0n) is 16.6. The maximum atomic E-state index is 11.7. The smallest absolute Gasteiger partial charge is 0.407 e. The molecule has 3 aromatic heterocycles. The van der Waals surface area contributed by atoms with Crippen LogP contribution in [0.15, 0.2) is 49.1 Å². The zero-order valence-corrected chi connectivity index (χ0v) is 16.6. The van der Waals surface area contributed by atoms with Gasteiger partial charge in [0, 0.05) is 30.6 Å². The SMILES string of the molecule is CC(C)(C)OC(=O)NCCn1cc(-c2cc(Oc3ccc(N)nc3)ccn2)cn1. The maximum Gasteiger partial charge on any atom is 0.407 e. The first-order chi connectivity index (χ1) is 13.8. The van der Waals surface area contributed by atoms with Crippen LogP contribution >= 0.6 is 0 Å². The van der Waals surface area contributed by atoms with Crippen molar-refractivity contribution in [3.63, 3.8) is 0 Å². The lowest BCUT2D eigenvalue weighted by Crippen LogP contribution is -2.34. The van der Waals surface area contributed by atoms with E-state index in [1.807, 2.05) is 33.0 Å². The Bertz CT molecular complexity index is 963. The molecule has 0 spiro atoms. The monoisotopic (exact) mass is 396 g/mol. The Balaban J connectivity index is 1.58. The van der Waals surface area contributed by atoms with Crippen LogP contribution in [0.5, 0.6) is 11.5 Å². The van der Waals surface area contributed by atoms with Gasteiger partial charge in [-0.2, -0.15) is 5.10 Å². The molecule has 0 atom stereocenters. The average molecular weight is 396 g/mol.